The summed E-state index contributed by atoms with van der Waals surface area (Å²) in [5, 5.41) is 1.28. The van der Waals surface area contributed by atoms with Gasteiger partial charge in [-0.2, -0.15) is 0 Å². The molecule has 7 aromatic rings. The second kappa shape index (κ2) is 18.6. The predicted molar refractivity (Wildman–Crippen MR) is 220 cm³/mol. The lowest BCUT2D eigenvalue weighted by atomic mass is 9.89. The molecule has 5 nitrogen and oxygen atoms in total. The number of fused-ring (bicyclic) bond motifs is 1. The molecule has 0 amide bonds. The van der Waals surface area contributed by atoms with Crippen molar-refractivity contribution in [3.63, 3.8) is 0 Å². The third kappa shape index (κ3) is 9.85. The minimum atomic E-state index is -0.491. The predicted octanol–water partition coefficient (Wildman–Crippen LogP) is 10.9. The number of hydrogen-bond donors (Lipinski definition) is 0. The fourth-order valence-corrected chi connectivity index (χ4v) is 8.36. The quantitative estimate of drug-likeness (QED) is 0.0985. The van der Waals surface area contributed by atoms with Gasteiger partial charge in [0.1, 0.15) is 30.5 Å². The summed E-state index contributed by atoms with van der Waals surface area (Å²) in [7, 11) is 0. The van der Waals surface area contributed by atoms with E-state index in [4.69, 9.17) is 23.7 Å². The molecule has 0 N–H and O–H groups in total. The Bertz CT molecular complexity index is 2160. The van der Waals surface area contributed by atoms with Gasteiger partial charge in [0, 0.05) is 16.0 Å². The highest BCUT2D eigenvalue weighted by molar-refractivity contribution is 7.19. The molecule has 2 heterocycles. The summed E-state index contributed by atoms with van der Waals surface area (Å²) in [6.07, 6.45) is -1.53. The van der Waals surface area contributed by atoms with Crippen molar-refractivity contribution in [1.29, 1.82) is 0 Å². The first-order chi connectivity index (χ1) is 27.2. The van der Waals surface area contributed by atoms with E-state index in [0.29, 0.717) is 33.0 Å². The Morgan fingerprint density at radius 2 is 0.964 bits per heavy atom. The Balaban J connectivity index is 1.14. The molecule has 6 heteroatoms. The molecule has 1 aliphatic rings. The van der Waals surface area contributed by atoms with Crippen molar-refractivity contribution in [1.82, 2.24) is 0 Å². The number of benzene rings is 6. The molecule has 0 aliphatic carbocycles. The van der Waals surface area contributed by atoms with Gasteiger partial charge >= 0.3 is 0 Å². The van der Waals surface area contributed by atoms with Crippen LogP contribution in [0.3, 0.4) is 0 Å². The van der Waals surface area contributed by atoms with Gasteiger partial charge in [-0.1, -0.05) is 164 Å². The SMILES string of the molecule is c1ccc(COCC2OC(c3cccc(Cc4cc5ccccc5s4)c3)[C@H](OCc3ccccc3)C(OCc3ccccc3)[C@@H]2OCc2ccccc2)cc1. The van der Waals surface area contributed by atoms with Crippen LogP contribution < -0.4 is 0 Å². The van der Waals surface area contributed by atoms with Gasteiger partial charge in [-0.3, -0.25) is 0 Å². The molecule has 8 rings (SSSR count). The monoisotopic (exact) mass is 746 g/mol. The van der Waals surface area contributed by atoms with Crippen LogP contribution in [-0.2, 0) is 56.5 Å². The average molecular weight is 747 g/mol. The van der Waals surface area contributed by atoms with E-state index in [9.17, 15) is 0 Å². The fraction of sp³-hybridized carbons (Fsp3) is 0.224. The molecule has 6 aromatic carbocycles. The second-order valence-electron chi connectivity index (χ2n) is 14.1. The summed E-state index contributed by atoms with van der Waals surface area (Å²) in [6, 6.07) is 60.7. The standard InChI is InChI=1S/C49H46O5S/c1-5-16-36(17-6-1)31-50-35-44-47(51-32-37-18-7-2-8-19-37)49(53-34-39-22-11-4-12-23-39)48(52-33-38-20-9-3-10-21-38)46(54-44)42-26-15-24-40(28-42)29-43-30-41-25-13-14-27-45(41)55-43/h1-28,30,44,46-49H,29,31-35H2/t44?,46?,47-,48+,49?/m1/s1. The van der Waals surface area contributed by atoms with E-state index in [1.165, 1.54) is 20.5 Å². The molecule has 1 saturated heterocycles. The molecule has 0 radical (unpaired) electrons. The van der Waals surface area contributed by atoms with E-state index < -0.39 is 30.5 Å². The van der Waals surface area contributed by atoms with E-state index in [-0.39, 0.29) is 0 Å². The maximum Gasteiger partial charge on any atom is 0.117 e. The average Bonchev–Trinajstić information content (AvgIpc) is 3.65. The molecule has 1 fully saturated rings. The number of ether oxygens (including phenoxy) is 5. The summed E-state index contributed by atoms with van der Waals surface area (Å²) in [6.45, 7) is 1.99. The molecule has 3 unspecified atom stereocenters. The Hall–Kier alpha value is -4.92. The van der Waals surface area contributed by atoms with Gasteiger partial charge in [-0.15, -0.1) is 11.3 Å². The first-order valence-electron chi connectivity index (χ1n) is 19.1. The largest absolute Gasteiger partial charge is 0.374 e. The van der Waals surface area contributed by atoms with Gasteiger partial charge in [0.15, 0.2) is 0 Å². The molecule has 278 valence electrons. The molecule has 0 bridgehead atoms. The van der Waals surface area contributed by atoms with Gasteiger partial charge in [-0.05, 0) is 50.9 Å². The second-order valence-corrected chi connectivity index (χ2v) is 15.2. The van der Waals surface area contributed by atoms with Crippen LogP contribution in [0.4, 0.5) is 0 Å². The summed E-state index contributed by atoms with van der Waals surface area (Å²) < 4.78 is 35.8. The van der Waals surface area contributed by atoms with Crippen LogP contribution in [-0.4, -0.2) is 31.0 Å². The van der Waals surface area contributed by atoms with Crippen LogP contribution >= 0.6 is 11.3 Å². The topological polar surface area (TPSA) is 46.2 Å². The highest BCUT2D eigenvalue weighted by Crippen LogP contribution is 2.39. The third-order valence-electron chi connectivity index (χ3n) is 10.0. The molecule has 1 aliphatic heterocycles. The minimum Gasteiger partial charge on any atom is -0.374 e. The van der Waals surface area contributed by atoms with Crippen molar-refractivity contribution in [2.24, 2.45) is 0 Å². The van der Waals surface area contributed by atoms with Crippen LogP contribution in [0.2, 0.25) is 0 Å². The lowest BCUT2D eigenvalue weighted by Gasteiger charge is -2.46. The van der Waals surface area contributed by atoms with Crippen LogP contribution in [0.15, 0.2) is 176 Å². The summed E-state index contributed by atoms with van der Waals surface area (Å²) in [5.74, 6) is 0. The Kier molecular flexibility index (Phi) is 12.5. The van der Waals surface area contributed by atoms with Crippen molar-refractivity contribution in [2.45, 2.75) is 63.4 Å². The summed E-state index contributed by atoms with van der Waals surface area (Å²) >= 11 is 1.85. The fourth-order valence-electron chi connectivity index (χ4n) is 7.26. The van der Waals surface area contributed by atoms with Crippen molar-refractivity contribution < 1.29 is 23.7 Å². The van der Waals surface area contributed by atoms with Crippen molar-refractivity contribution >= 4 is 21.4 Å². The Morgan fingerprint density at radius 3 is 1.56 bits per heavy atom. The maximum atomic E-state index is 7.20. The zero-order chi connectivity index (χ0) is 37.1. The molecular weight excluding hydrogens is 701 g/mol. The van der Waals surface area contributed by atoms with E-state index in [0.717, 1.165) is 34.2 Å². The minimum absolute atomic E-state index is 0.322. The Labute approximate surface area is 328 Å². The first-order valence-corrected chi connectivity index (χ1v) is 19.9. The van der Waals surface area contributed by atoms with Gasteiger partial charge < -0.3 is 23.7 Å². The zero-order valence-electron chi connectivity index (χ0n) is 30.8. The normalized spacial score (nSPS) is 19.7. The Morgan fingerprint density at radius 1 is 0.455 bits per heavy atom. The van der Waals surface area contributed by atoms with Crippen molar-refractivity contribution in [3.05, 3.63) is 214 Å². The lowest BCUT2D eigenvalue weighted by Crippen LogP contribution is -2.58. The highest BCUT2D eigenvalue weighted by Gasteiger charge is 2.49. The van der Waals surface area contributed by atoms with Crippen LogP contribution in [0.5, 0.6) is 0 Å². The highest BCUT2D eigenvalue weighted by atomic mass is 32.1. The molecule has 1 aromatic heterocycles. The van der Waals surface area contributed by atoms with Gasteiger partial charge in [0.25, 0.3) is 0 Å². The third-order valence-corrected chi connectivity index (χ3v) is 11.1. The van der Waals surface area contributed by atoms with Crippen LogP contribution in [0.1, 0.15) is 44.4 Å². The van der Waals surface area contributed by atoms with Crippen LogP contribution in [0, 0.1) is 0 Å². The maximum absolute atomic E-state index is 7.20. The molecule has 5 atom stereocenters. The zero-order valence-corrected chi connectivity index (χ0v) is 31.6. The lowest BCUT2D eigenvalue weighted by molar-refractivity contribution is -0.275. The summed E-state index contributed by atoms with van der Waals surface area (Å²) in [4.78, 5) is 1.32. The van der Waals surface area contributed by atoms with Crippen molar-refractivity contribution in [2.75, 3.05) is 6.61 Å². The van der Waals surface area contributed by atoms with Gasteiger partial charge in [0.05, 0.1) is 33.0 Å². The van der Waals surface area contributed by atoms with Crippen molar-refractivity contribution in [3.8, 4) is 0 Å². The smallest absolute Gasteiger partial charge is 0.117 e. The van der Waals surface area contributed by atoms with Gasteiger partial charge in [-0.25, -0.2) is 0 Å². The van der Waals surface area contributed by atoms with E-state index >= 15 is 0 Å². The number of rotatable bonds is 16. The summed E-state index contributed by atoms with van der Waals surface area (Å²) in [5.41, 5.74) is 6.60. The number of hydrogen-bond acceptors (Lipinski definition) is 6. The van der Waals surface area contributed by atoms with E-state index in [1.54, 1.807) is 0 Å². The molecular formula is C49H46O5S. The van der Waals surface area contributed by atoms with Gasteiger partial charge in [0.2, 0.25) is 0 Å². The van der Waals surface area contributed by atoms with E-state index in [1.807, 2.05) is 84.1 Å². The molecule has 0 saturated carbocycles. The first kappa shape index (κ1) is 37.0. The number of thiophene rings is 1. The molecule has 0 spiro atoms. The molecule has 55 heavy (non-hydrogen) atoms. The van der Waals surface area contributed by atoms with E-state index in [2.05, 4.69) is 103 Å². The van der Waals surface area contributed by atoms with Crippen LogP contribution in [0.25, 0.3) is 10.1 Å².